The Morgan fingerprint density at radius 2 is 1.76 bits per heavy atom. The van der Waals surface area contributed by atoms with Crippen molar-refractivity contribution in [1.29, 1.82) is 0 Å². The Morgan fingerprint density at radius 1 is 1.12 bits per heavy atom. The van der Waals surface area contributed by atoms with E-state index in [1.807, 2.05) is 0 Å². The fraction of sp³-hybridized carbons (Fsp3) is 0.235. The third-order valence-electron chi connectivity index (χ3n) is 3.74. The van der Waals surface area contributed by atoms with E-state index in [9.17, 15) is 8.42 Å². The molecule has 2 aromatic rings. The van der Waals surface area contributed by atoms with Crippen molar-refractivity contribution in [2.45, 2.75) is 30.7 Å². The van der Waals surface area contributed by atoms with Crippen LogP contribution in [0.25, 0.3) is 0 Å². The van der Waals surface area contributed by atoms with Crippen LogP contribution in [0.4, 0.5) is 11.4 Å². The van der Waals surface area contributed by atoms with Crippen LogP contribution < -0.4 is 15.4 Å². The van der Waals surface area contributed by atoms with Crippen LogP contribution in [0.2, 0.25) is 5.02 Å². The van der Waals surface area contributed by atoms with Crippen molar-refractivity contribution in [3.8, 4) is 0 Å². The number of rotatable bonds is 5. The number of nitrogens with one attached hydrogen (secondary N) is 3. The highest BCUT2D eigenvalue weighted by atomic mass is 35.5. The molecule has 0 unspecified atom stereocenters. The van der Waals surface area contributed by atoms with Gasteiger partial charge in [0.05, 0.1) is 4.90 Å². The maximum Gasteiger partial charge on any atom is 0.262 e. The molecule has 0 atom stereocenters. The Hall–Kier alpha value is -1.83. The smallest absolute Gasteiger partial charge is 0.262 e. The molecule has 1 aliphatic carbocycles. The Balaban J connectivity index is 1.80. The Morgan fingerprint density at radius 3 is 2.40 bits per heavy atom. The molecule has 3 N–H and O–H groups in total. The molecule has 25 heavy (non-hydrogen) atoms. The summed E-state index contributed by atoms with van der Waals surface area (Å²) in [6.45, 7) is 1.75. The summed E-state index contributed by atoms with van der Waals surface area (Å²) in [5, 5.41) is 7.24. The van der Waals surface area contributed by atoms with E-state index >= 15 is 0 Å². The Kier molecular flexibility index (Phi) is 5.17. The largest absolute Gasteiger partial charge is 0.360 e. The molecule has 0 saturated heterocycles. The molecule has 0 aliphatic heterocycles. The normalized spacial score (nSPS) is 14.0. The quantitative estimate of drug-likeness (QED) is 0.670. The van der Waals surface area contributed by atoms with E-state index in [4.69, 9.17) is 23.8 Å². The first-order valence-corrected chi connectivity index (χ1v) is 10.1. The molecule has 2 aromatic carbocycles. The van der Waals surface area contributed by atoms with Crippen molar-refractivity contribution in [3.05, 3.63) is 53.1 Å². The third-order valence-corrected chi connectivity index (χ3v) is 5.74. The lowest BCUT2D eigenvalue weighted by molar-refractivity contribution is 0.600. The van der Waals surface area contributed by atoms with Gasteiger partial charge in [-0.05, 0) is 73.9 Å². The van der Waals surface area contributed by atoms with Crippen LogP contribution in [0, 0.1) is 6.92 Å². The Labute approximate surface area is 157 Å². The zero-order valence-electron chi connectivity index (χ0n) is 13.5. The molecule has 0 heterocycles. The van der Waals surface area contributed by atoms with Crippen molar-refractivity contribution >= 4 is 50.3 Å². The highest BCUT2D eigenvalue weighted by molar-refractivity contribution is 7.92. The summed E-state index contributed by atoms with van der Waals surface area (Å²) in [6, 6.07) is 12.1. The summed E-state index contributed by atoms with van der Waals surface area (Å²) < 4.78 is 28.0. The minimum absolute atomic E-state index is 0.196. The lowest BCUT2D eigenvalue weighted by atomic mass is 10.2. The van der Waals surface area contributed by atoms with Crippen molar-refractivity contribution in [3.63, 3.8) is 0 Å². The van der Waals surface area contributed by atoms with Crippen molar-refractivity contribution in [2.75, 3.05) is 10.0 Å². The number of thiocarbonyl (C=S) groups is 1. The maximum absolute atomic E-state index is 12.7. The van der Waals surface area contributed by atoms with Gasteiger partial charge in [-0.1, -0.05) is 17.7 Å². The number of aryl methyl sites for hydroxylation is 1. The fourth-order valence-corrected chi connectivity index (χ4v) is 4.02. The second-order valence-electron chi connectivity index (χ2n) is 5.97. The van der Waals surface area contributed by atoms with E-state index in [2.05, 4.69) is 15.4 Å². The van der Waals surface area contributed by atoms with Crippen LogP contribution >= 0.6 is 23.8 Å². The maximum atomic E-state index is 12.7. The van der Waals surface area contributed by atoms with Gasteiger partial charge in [-0.2, -0.15) is 0 Å². The highest BCUT2D eigenvalue weighted by Gasteiger charge is 2.22. The molecular weight excluding hydrogens is 378 g/mol. The van der Waals surface area contributed by atoms with E-state index < -0.39 is 10.0 Å². The van der Waals surface area contributed by atoms with Crippen LogP contribution in [0.15, 0.2) is 47.4 Å². The van der Waals surface area contributed by atoms with E-state index in [-0.39, 0.29) is 4.90 Å². The van der Waals surface area contributed by atoms with E-state index in [0.717, 1.165) is 12.8 Å². The molecule has 5 nitrogen and oxygen atoms in total. The van der Waals surface area contributed by atoms with Crippen molar-refractivity contribution < 1.29 is 8.42 Å². The molecule has 1 aliphatic rings. The van der Waals surface area contributed by atoms with Gasteiger partial charge in [-0.15, -0.1) is 0 Å². The van der Waals surface area contributed by atoms with Gasteiger partial charge >= 0.3 is 0 Å². The summed E-state index contributed by atoms with van der Waals surface area (Å²) in [7, 11) is -3.72. The van der Waals surface area contributed by atoms with E-state index in [1.165, 1.54) is 0 Å². The van der Waals surface area contributed by atoms with Crippen molar-refractivity contribution in [2.24, 2.45) is 0 Å². The first kappa shape index (κ1) is 18.0. The van der Waals surface area contributed by atoms with Gasteiger partial charge in [0.15, 0.2) is 5.11 Å². The predicted molar refractivity (Wildman–Crippen MR) is 106 cm³/mol. The van der Waals surface area contributed by atoms with Crippen LogP contribution in [0.3, 0.4) is 0 Å². The average molecular weight is 396 g/mol. The fourth-order valence-electron chi connectivity index (χ4n) is 2.28. The zero-order chi connectivity index (χ0) is 18.0. The zero-order valence-corrected chi connectivity index (χ0v) is 15.9. The molecule has 132 valence electrons. The van der Waals surface area contributed by atoms with Crippen LogP contribution in [-0.2, 0) is 10.0 Å². The molecule has 0 spiro atoms. The summed E-state index contributed by atoms with van der Waals surface area (Å²) in [6.07, 6.45) is 2.22. The van der Waals surface area contributed by atoms with Gasteiger partial charge in [0.25, 0.3) is 10.0 Å². The Bertz CT molecular complexity index is 895. The van der Waals surface area contributed by atoms with Crippen LogP contribution in [-0.4, -0.2) is 19.6 Å². The molecule has 0 radical (unpaired) electrons. The van der Waals surface area contributed by atoms with E-state index in [1.54, 1.807) is 49.4 Å². The topological polar surface area (TPSA) is 70.2 Å². The lowest BCUT2D eigenvalue weighted by Crippen LogP contribution is -2.30. The second-order valence-corrected chi connectivity index (χ2v) is 8.46. The van der Waals surface area contributed by atoms with Gasteiger partial charge in [0.1, 0.15) is 0 Å². The van der Waals surface area contributed by atoms with Crippen LogP contribution in [0.5, 0.6) is 0 Å². The van der Waals surface area contributed by atoms with Crippen molar-refractivity contribution in [1.82, 2.24) is 5.32 Å². The van der Waals surface area contributed by atoms with E-state index in [0.29, 0.717) is 33.1 Å². The van der Waals surface area contributed by atoms with Gasteiger partial charge < -0.3 is 10.6 Å². The minimum atomic E-state index is -3.72. The molecule has 8 heteroatoms. The summed E-state index contributed by atoms with van der Waals surface area (Å²) >= 11 is 11.1. The van der Waals surface area contributed by atoms with Gasteiger partial charge in [0.2, 0.25) is 0 Å². The molecule has 0 aromatic heterocycles. The molecule has 1 fully saturated rings. The third kappa shape index (κ3) is 4.84. The number of hydrogen-bond donors (Lipinski definition) is 3. The summed E-state index contributed by atoms with van der Waals surface area (Å²) in [5.41, 5.74) is 1.72. The first-order chi connectivity index (χ1) is 11.8. The summed E-state index contributed by atoms with van der Waals surface area (Å²) in [5.74, 6) is 0. The number of hydrogen-bond acceptors (Lipinski definition) is 3. The monoisotopic (exact) mass is 395 g/mol. The first-order valence-electron chi connectivity index (χ1n) is 7.80. The number of halogens is 1. The molecule has 3 rings (SSSR count). The average Bonchev–Trinajstić information content (AvgIpc) is 3.35. The number of benzene rings is 2. The van der Waals surface area contributed by atoms with Gasteiger partial charge in [0, 0.05) is 22.4 Å². The minimum Gasteiger partial charge on any atom is -0.360 e. The number of sulfonamides is 1. The van der Waals surface area contributed by atoms with Gasteiger partial charge in [-0.25, -0.2) is 8.42 Å². The molecule has 0 amide bonds. The highest BCUT2D eigenvalue weighted by Crippen LogP contribution is 2.24. The predicted octanol–water partition coefficient (Wildman–Crippen LogP) is 3.90. The summed E-state index contributed by atoms with van der Waals surface area (Å²) in [4.78, 5) is 0.196. The molecule has 1 saturated carbocycles. The number of anilines is 2. The SMILES string of the molecule is Cc1ccc(NC(=S)NC2CC2)cc1S(=O)(=O)Nc1ccc(Cl)cc1. The molecular formula is C17H18ClN3O2S2. The lowest BCUT2D eigenvalue weighted by Gasteiger charge is -2.14. The second kappa shape index (κ2) is 7.19. The van der Waals surface area contributed by atoms with Gasteiger partial charge in [-0.3, -0.25) is 4.72 Å². The van der Waals surface area contributed by atoms with Crippen LogP contribution in [0.1, 0.15) is 18.4 Å². The molecule has 0 bridgehead atoms. The standard InChI is InChI=1S/C17H18ClN3O2S2/c1-11-2-5-15(20-17(24)19-13-8-9-13)10-16(11)25(22,23)21-14-6-3-12(18)4-7-14/h2-7,10,13,21H,8-9H2,1H3,(H2,19,20,24).